The largest absolute Gasteiger partial charge is 0.453 e. The SMILES string of the molecule is COC(=O)N(C)Cc1cccc(F)c1. The normalized spacial score (nSPS) is 9.64. The van der Waals surface area contributed by atoms with E-state index in [4.69, 9.17) is 0 Å². The van der Waals surface area contributed by atoms with E-state index < -0.39 is 6.09 Å². The number of nitrogens with zero attached hydrogens (tertiary/aromatic N) is 1. The summed E-state index contributed by atoms with van der Waals surface area (Å²) >= 11 is 0. The lowest BCUT2D eigenvalue weighted by Crippen LogP contribution is -2.25. The number of hydrogen-bond donors (Lipinski definition) is 0. The molecule has 0 aliphatic heterocycles. The van der Waals surface area contributed by atoms with Gasteiger partial charge in [-0.2, -0.15) is 0 Å². The number of benzene rings is 1. The van der Waals surface area contributed by atoms with Gasteiger partial charge in [0.2, 0.25) is 0 Å². The second-order valence-corrected chi connectivity index (χ2v) is 2.96. The van der Waals surface area contributed by atoms with Crippen LogP contribution >= 0.6 is 0 Å². The highest BCUT2D eigenvalue weighted by Crippen LogP contribution is 2.06. The molecule has 0 atom stereocenters. The summed E-state index contributed by atoms with van der Waals surface area (Å²) in [6.07, 6.45) is -0.436. The number of carbonyl (C=O) groups is 1. The molecule has 0 heterocycles. The Bertz CT molecular complexity index is 328. The first kappa shape index (κ1) is 10.5. The van der Waals surface area contributed by atoms with Crippen LogP contribution in [0.5, 0.6) is 0 Å². The van der Waals surface area contributed by atoms with Gasteiger partial charge in [0.1, 0.15) is 5.82 Å². The van der Waals surface area contributed by atoms with E-state index in [1.165, 1.54) is 24.1 Å². The Hall–Kier alpha value is -1.58. The average molecular weight is 197 g/mol. The van der Waals surface area contributed by atoms with Gasteiger partial charge in [0.25, 0.3) is 0 Å². The first-order valence-corrected chi connectivity index (χ1v) is 4.17. The molecule has 0 aliphatic rings. The van der Waals surface area contributed by atoms with Crippen LogP contribution in [0.2, 0.25) is 0 Å². The molecule has 0 aromatic heterocycles. The van der Waals surface area contributed by atoms with Gasteiger partial charge in [-0.15, -0.1) is 0 Å². The van der Waals surface area contributed by atoms with Gasteiger partial charge in [-0.1, -0.05) is 12.1 Å². The molecule has 0 aliphatic carbocycles. The number of carbonyl (C=O) groups excluding carboxylic acids is 1. The molecule has 1 aromatic carbocycles. The van der Waals surface area contributed by atoms with E-state index in [0.29, 0.717) is 6.54 Å². The van der Waals surface area contributed by atoms with E-state index in [0.717, 1.165) is 5.56 Å². The van der Waals surface area contributed by atoms with Gasteiger partial charge in [0.15, 0.2) is 0 Å². The number of rotatable bonds is 2. The fourth-order valence-corrected chi connectivity index (χ4v) is 1.13. The molecule has 1 rings (SSSR count). The molecule has 0 bridgehead atoms. The van der Waals surface area contributed by atoms with Gasteiger partial charge in [-0.3, -0.25) is 0 Å². The van der Waals surface area contributed by atoms with E-state index in [-0.39, 0.29) is 5.82 Å². The lowest BCUT2D eigenvalue weighted by molar-refractivity contribution is 0.131. The molecule has 0 unspecified atom stereocenters. The van der Waals surface area contributed by atoms with E-state index in [2.05, 4.69) is 4.74 Å². The second-order valence-electron chi connectivity index (χ2n) is 2.96. The third-order valence-corrected chi connectivity index (χ3v) is 1.80. The predicted octanol–water partition coefficient (Wildman–Crippen LogP) is 2.02. The van der Waals surface area contributed by atoms with Crippen LogP contribution in [0.15, 0.2) is 24.3 Å². The minimum Gasteiger partial charge on any atom is -0.453 e. The van der Waals surface area contributed by atoms with Gasteiger partial charge < -0.3 is 9.64 Å². The molecule has 1 aromatic rings. The molecule has 1 amide bonds. The zero-order valence-corrected chi connectivity index (χ0v) is 8.16. The average Bonchev–Trinajstić information content (AvgIpc) is 2.16. The summed E-state index contributed by atoms with van der Waals surface area (Å²) in [6, 6.07) is 6.11. The molecule has 0 N–H and O–H groups in total. The van der Waals surface area contributed by atoms with E-state index in [1.807, 2.05) is 0 Å². The monoisotopic (exact) mass is 197 g/mol. The molecule has 0 saturated heterocycles. The molecule has 0 spiro atoms. The van der Waals surface area contributed by atoms with Crippen LogP contribution in [0.3, 0.4) is 0 Å². The first-order valence-electron chi connectivity index (χ1n) is 4.17. The highest BCUT2D eigenvalue weighted by Gasteiger charge is 2.08. The summed E-state index contributed by atoms with van der Waals surface area (Å²) in [5, 5.41) is 0. The Kier molecular flexibility index (Phi) is 3.45. The molecule has 0 radical (unpaired) electrons. The number of methoxy groups -OCH3 is 1. The summed E-state index contributed by atoms with van der Waals surface area (Å²) in [7, 11) is 2.90. The Morgan fingerprint density at radius 3 is 2.86 bits per heavy atom. The van der Waals surface area contributed by atoms with Crippen molar-refractivity contribution in [1.29, 1.82) is 0 Å². The van der Waals surface area contributed by atoms with Crippen molar-refractivity contribution in [3.8, 4) is 0 Å². The standard InChI is InChI=1S/C10H12FNO2/c1-12(10(13)14-2)7-8-4-3-5-9(11)6-8/h3-6H,7H2,1-2H3. The minimum atomic E-state index is -0.436. The Balaban J connectivity index is 2.64. The van der Waals surface area contributed by atoms with E-state index in [1.54, 1.807) is 19.2 Å². The maximum Gasteiger partial charge on any atom is 0.409 e. The molecule has 0 fully saturated rings. The predicted molar refractivity (Wildman–Crippen MR) is 50.3 cm³/mol. The fourth-order valence-electron chi connectivity index (χ4n) is 1.13. The van der Waals surface area contributed by atoms with Gasteiger partial charge >= 0.3 is 6.09 Å². The van der Waals surface area contributed by atoms with E-state index in [9.17, 15) is 9.18 Å². The molecule has 76 valence electrons. The van der Waals surface area contributed by atoms with Crippen LogP contribution in [0.1, 0.15) is 5.56 Å². The first-order chi connectivity index (χ1) is 6.63. The number of hydrogen-bond acceptors (Lipinski definition) is 2. The van der Waals surface area contributed by atoms with Crippen molar-refractivity contribution in [2.75, 3.05) is 14.2 Å². The Labute approximate surface area is 82.1 Å². The molecule has 0 saturated carbocycles. The number of ether oxygens (including phenoxy) is 1. The minimum absolute atomic E-state index is 0.305. The van der Waals surface area contributed by atoms with Crippen LogP contribution in [0.4, 0.5) is 9.18 Å². The van der Waals surface area contributed by atoms with Gasteiger partial charge in [-0.05, 0) is 17.7 Å². The van der Waals surface area contributed by atoms with Crippen LogP contribution in [-0.2, 0) is 11.3 Å². The summed E-state index contributed by atoms with van der Waals surface area (Å²) in [6.45, 7) is 0.338. The third kappa shape index (κ3) is 2.73. The molecule has 14 heavy (non-hydrogen) atoms. The van der Waals surface area contributed by atoms with Crippen molar-refractivity contribution in [2.24, 2.45) is 0 Å². The summed E-state index contributed by atoms with van der Waals surface area (Å²) in [5.74, 6) is -0.305. The highest BCUT2D eigenvalue weighted by atomic mass is 19.1. The van der Waals surface area contributed by atoms with Crippen LogP contribution in [-0.4, -0.2) is 25.2 Å². The summed E-state index contributed by atoms with van der Waals surface area (Å²) in [4.78, 5) is 12.4. The molecule has 4 heteroatoms. The smallest absolute Gasteiger partial charge is 0.409 e. The third-order valence-electron chi connectivity index (χ3n) is 1.80. The molecular weight excluding hydrogens is 185 g/mol. The lowest BCUT2D eigenvalue weighted by atomic mass is 10.2. The van der Waals surface area contributed by atoms with Crippen LogP contribution < -0.4 is 0 Å². The number of halogens is 1. The molecule has 3 nitrogen and oxygen atoms in total. The number of amides is 1. The summed E-state index contributed by atoms with van der Waals surface area (Å²) < 4.78 is 17.3. The highest BCUT2D eigenvalue weighted by molar-refractivity contribution is 5.66. The van der Waals surface area contributed by atoms with Crippen molar-refractivity contribution >= 4 is 6.09 Å². The van der Waals surface area contributed by atoms with Gasteiger partial charge in [0.05, 0.1) is 7.11 Å². The zero-order valence-electron chi connectivity index (χ0n) is 8.16. The van der Waals surface area contributed by atoms with Crippen molar-refractivity contribution in [3.63, 3.8) is 0 Å². The topological polar surface area (TPSA) is 29.5 Å². The summed E-state index contributed by atoms with van der Waals surface area (Å²) in [5.41, 5.74) is 0.734. The maximum absolute atomic E-state index is 12.8. The Morgan fingerprint density at radius 2 is 2.29 bits per heavy atom. The molecular formula is C10H12FNO2. The van der Waals surface area contributed by atoms with Crippen LogP contribution in [0, 0.1) is 5.82 Å². The fraction of sp³-hybridized carbons (Fsp3) is 0.300. The van der Waals surface area contributed by atoms with Crippen molar-refractivity contribution in [3.05, 3.63) is 35.6 Å². The maximum atomic E-state index is 12.8. The van der Waals surface area contributed by atoms with Crippen molar-refractivity contribution < 1.29 is 13.9 Å². The van der Waals surface area contributed by atoms with Crippen LogP contribution in [0.25, 0.3) is 0 Å². The van der Waals surface area contributed by atoms with Crippen molar-refractivity contribution in [2.45, 2.75) is 6.54 Å². The lowest BCUT2D eigenvalue weighted by Gasteiger charge is -2.15. The quantitative estimate of drug-likeness (QED) is 0.726. The van der Waals surface area contributed by atoms with Gasteiger partial charge in [0, 0.05) is 13.6 Å². The zero-order chi connectivity index (χ0) is 10.6. The van der Waals surface area contributed by atoms with Gasteiger partial charge in [-0.25, -0.2) is 9.18 Å². The van der Waals surface area contributed by atoms with E-state index >= 15 is 0 Å². The second kappa shape index (κ2) is 4.60. The van der Waals surface area contributed by atoms with Crippen molar-refractivity contribution in [1.82, 2.24) is 4.90 Å². The Morgan fingerprint density at radius 1 is 1.57 bits per heavy atom.